The average Bonchev–Trinajstić information content (AvgIpc) is 2.43. The Labute approximate surface area is 123 Å². The minimum Gasteiger partial charge on any atom is -0.0654 e. The van der Waals surface area contributed by atoms with Gasteiger partial charge in [-0.2, -0.15) is 0 Å². The van der Waals surface area contributed by atoms with Crippen LogP contribution in [0.15, 0.2) is 0 Å². The van der Waals surface area contributed by atoms with Crippen LogP contribution < -0.4 is 0 Å². The minimum absolute atomic E-state index is 1.01. The van der Waals surface area contributed by atoms with Gasteiger partial charge in [-0.05, 0) is 5.92 Å². The summed E-state index contributed by atoms with van der Waals surface area (Å²) in [5.74, 6) is 1.01. The summed E-state index contributed by atoms with van der Waals surface area (Å²) in [7, 11) is 0. The molecule has 0 aromatic rings. The fraction of sp³-hybridized carbons (Fsp3) is 0.947. The van der Waals surface area contributed by atoms with E-state index in [1.807, 2.05) is 0 Å². The molecule has 0 saturated carbocycles. The summed E-state index contributed by atoms with van der Waals surface area (Å²) in [6.07, 6.45) is 21.3. The highest BCUT2D eigenvalue weighted by atomic mass is 14.1. The Hall–Kier alpha value is 0. The first-order valence-corrected chi connectivity index (χ1v) is 9.14. The number of hydrogen-bond donors (Lipinski definition) is 0. The van der Waals surface area contributed by atoms with Gasteiger partial charge in [0.15, 0.2) is 0 Å². The number of hydrogen-bond acceptors (Lipinski definition) is 0. The van der Waals surface area contributed by atoms with Crippen LogP contribution in [0.1, 0.15) is 110 Å². The predicted molar refractivity (Wildman–Crippen MR) is 89.5 cm³/mol. The zero-order chi connectivity index (χ0) is 14.2. The first-order chi connectivity index (χ1) is 9.35. The molecule has 0 heteroatoms. The summed E-state index contributed by atoms with van der Waals surface area (Å²) < 4.78 is 0. The van der Waals surface area contributed by atoms with Gasteiger partial charge in [-0.25, -0.2) is 0 Å². The van der Waals surface area contributed by atoms with Crippen molar-refractivity contribution >= 4 is 0 Å². The highest BCUT2D eigenvalue weighted by Crippen LogP contribution is 2.19. The molecule has 0 nitrogen and oxygen atoms in total. The van der Waals surface area contributed by atoms with Crippen LogP contribution in [0.3, 0.4) is 0 Å². The molecule has 0 aliphatic heterocycles. The van der Waals surface area contributed by atoms with E-state index in [0.717, 1.165) is 12.3 Å². The molecule has 0 bridgehead atoms. The number of rotatable bonds is 15. The molecule has 1 atom stereocenters. The minimum atomic E-state index is 1.01. The summed E-state index contributed by atoms with van der Waals surface area (Å²) in [6, 6.07) is 0. The highest BCUT2D eigenvalue weighted by molar-refractivity contribution is 4.57. The Morgan fingerprint density at radius 2 is 1.11 bits per heavy atom. The fourth-order valence-corrected chi connectivity index (χ4v) is 2.98. The SMILES string of the molecule is [CH2]CCCCCCCCCCCCC(CC)CCC. The lowest BCUT2D eigenvalue weighted by molar-refractivity contribution is 0.407. The Balaban J connectivity index is 3.09. The monoisotopic (exact) mass is 267 g/mol. The van der Waals surface area contributed by atoms with E-state index < -0.39 is 0 Å². The van der Waals surface area contributed by atoms with Gasteiger partial charge in [-0.3, -0.25) is 0 Å². The van der Waals surface area contributed by atoms with Crippen molar-refractivity contribution in [1.82, 2.24) is 0 Å². The average molecular weight is 268 g/mol. The summed E-state index contributed by atoms with van der Waals surface area (Å²) in [5.41, 5.74) is 0. The standard InChI is InChI=1S/C19H39/c1-4-7-8-9-10-11-12-13-14-15-16-18-19(6-3)17-5-2/h19H,1,4-18H2,2-3H3. The van der Waals surface area contributed by atoms with Crippen molar-refractivity contribution in [2.45, 2.75) is 110 Å². The van der Waals surface area contributed by atoms with Gasteiger partial charge < -0.3 is 0 Å². The maximum atomic E-state index is 3.89. The van der Waals surface area contributed by atoms with Crippen molar-refractivity contribution < 1.29 is 0 Å². The Morgan fingerprint density at radius 1 is 0.632 bits per heavy atom. The molecular weight excluding hydrogens is 228 g/mol. The van der Waals surface area contributed by atoms with Gasteiger partial charge in [0.05, 0.1) is 0 Å². The van der Waals surface area contributed by atoms with E-state index in [4.69, 9.17) is 0 Å². The zero-order valence-electron chi connectivity index (χ0n) is 13.9. The summed E-state index contributed by atoms with van der Waals surface area (Å²) in [6.45, 7) is 8.57. The molecular formula is C19H39. The second kappa shape index (κ2) is 16.1. The van der Waals surface area contributed by atoms with Crippen molar-refractivity contribution in [2.75, 3.05) is 0 Å². The molecule has 0 fully saturated rings. The topological polar surface area (TPSA) is 0 Å². The van der Waals surface area contributed by atoms with Crippen LogP contribution in [0.25, 0.3) is 0 Å². The molecule has 1 unspecified atom stereocenters. The first kappa shape index (κ1) is 19.0. The van der Waals surface area contributed by atoms with Crippen LogP contribution in [-0.2, 0) is 0 Å². The van der Waals surface area contributed by atoms with Gasteiger partial charge in [0.2, 0.25) is 0 Å². The first-order valence-electron chi connectivity index (χ1n) is 9.14. The van der Waals surface area contributed by atoms with Gasteiger partial charge in [0, 0.05) is 0 Å². The second-order valence-electron chi connectivity index (χ2n) is 6.24. The van der Waals surface area contributed by atoms with Gasteiger partial charge >= 0.3 is 0 Å². The lowest BCUT2D eigenvalue weighted by atomic mass is 9.94. The van der Waals surface area contributed by atoms with Gasteiger partial charge in [-0.15, -0.1) is 0 Å². The third-order valence-electron chi connectivity index (χ3n) is 4.39. The van der Waals surface area contributed by atoms with Crippen molar-refractivity contribution in [2.24, 2.45) is 5.92 Å². The van der Waals surface area contributed by atoms with Crippen LogP contribution in [-0.4, -0.2) is 0 Å². The van der Waals surface area contributed by atoms with Crippen LogP contribution in [0.4, 0.5) is 0 Å². The maximum absolute atomic E-state index is 3.89. The van der Waals surface area contributed by atoms with Crippen LogP contribution in [0, 0.1) is 12.8 Å². The molecule has 0 aromatic carbocycles. The molecule has 0 aliphatic carbocycles. The predicted octanol–water partition coefficient (Wildman–Crippen LogP) is 7.33. The lowest BCUT2D eigenvalue weighted by Crippen LogP contribution is -1.97. The van der Waals surface area contributed by atoms with E-state index in [2.05, 4.69) is 20.8 Å². The normalized spacial score (nSPS) is 12.8. The molecule has 0 saturated heterocycles. The largest absolute Gasteiger partial charge is 0.0654 e. The summed E-state index contributed by atoms with van der Waals surface area (Å²) >= 11 is 0. The molecule has 0 aliphatic rings. The van der Waals surface area contributed by atoms with Crippen LogP contribution in [0.5, 0.6) is 0 Å². The smallest absolute Gasteiger partial charge is 0.0417 e. The third kappa shape index (κ3) is 14.2. The van der Waals surface area contributed by atoms with Crippen molar-refractivity contribution in [3.63, 3.8) is 0 Å². The maximum Gasteiger partial charge on any atom is -0.0417 e. The van der Waals surface area contributed by atoms with Crippen LogP contribution >= 0.6 is 0 Å². The van der Waals surface area contributed by atoms with Crippen molar-refractivity contribution in [1.29, 1.82) is 0 Å². The van der Waals surface area contributed by atoms with E-state index in [1.165, 1.54) is 89.9 Å². The Morgan fingerprint density at radius 3 is 1.53 bits per heavy atom. The van der Waals surface area contributed by atoms with Crippen molar-refractivity contribution in [3.8, 4) is 0 Å². The molecule has 0 aromatic heterocycles. The van der Waals surface area contributed by atoms with Gasteiger partial charge in [0.1, 0.15) is 0 Å². The van der Waals surface area contributed by atoms with Crippen LogP contribution in [0.2, 0.25) is 0 Å². The lowest BCUT2D eigenvalue weighted by Gasteiger charge is -2.12. The van der Waals surface area contributed by atoms with E-state index in [1.54, 1.807) is 0 Å². The van der Waals surface area contributed by atoms with E-state index in [0.29, 0.717) is 0 Å². The van der Waals surface area contributed by atoms with E-state index >= 15 is 0 Å². The van der Waals surface area contributed by atoms with E-state index in [9.17, 15) is 0 Å². The van der Waals surface area contributed by atoms with E-state index in [-0.39, 0.29) is 0 Å². The van der Waals surface area contributed by atoms with Gasteiger partial charge in [-0.1, -0.05) is 117 Å². The molecule has 0 rings (SSSR count). The fourth-order valence-electron chi connectivity index (χ4n) is 2.98. The van der Waals surface area contributed by atoms with Gasteiger partial charge in [0.25, 0.3) is 0 Å². The molecule has 0 spiro atoms. The van der Waals surface area contributed by atoms with Crippen molar-refractivity contribution in [3.05, 3.63) is 6.92 Å². The second-order valence-corrected chi connectivity index (χ2v) is 6.24. The molecule has 0 heterocycles. The zero-order valence-corrected chi connectivity index (χ0v) is 13.9. The third-order valence-corrected chi connectivity index (χ3v) is 4.39. The molecule has 0 N–H and O–H groups in total. The quantitative estimate of drug-likeness (QED) is 0.272. The molecule has 0 amide bonds. The molecule has 19 heavy (non-hydrogen) atoms. The number of unbranched alkanes of at least 4 members (excludes halogenated alkanes) is 10. The molecule has 1 radical (unpaired) electrons. The highest BCUT2D eigenvalue weighted by Gasteiger charge is 2.03. The summed E-state index contributed by atoms with van der Waals surface area (Å²) in [4.78, 5) is 0. The Kier molecular flexibility index (Phi) is 16.1. The molecule has 115 valence electrons. The summed E-state index contributed by atoms with van der Waals surface area (Å²) in [5, 5.41) is 0. The Bertz CT molecular complexity index is 150.